The molecule has 8 N–H and O–H groups in total. The molecule has 680 valence electrons. The fraction of sp³-hybridized carbons (Fsp3) is 0.291. The fourth-order valence-corrected chi connectivity index (χ4v) is 17.2. The van der Waals surface area contributed by atoms with Gasteiger partial charge in [-0.15, -0.1) is 0 Å². The molecule has 133 heavy (non-hydrogen) atoms. The average molecular weight is 1800 g/mol. The van der Waals surface area contributed by atoms with E-state index in [9.17, 15) is 24.0 Å². The summed E-state index contributed by atoms with van der Waals surface area (Å²) in [5.74, 6) is 3.57. The third-order valence-corrected chi connectivity index (χ3v) is 24.6. The molecule has 9 aromatic carbocycles. The van der Waals surface area contributed by atoms with E-state index in [2.05, 4.69) is 233 Å². The molecule has 9 heterocycles. The van der Waals surface area contributed by atoms with Crippen LogP contribution < -0.4 is 106 Å². The third-order valence-electron chi connectivity index (χ3n) is 24.4. The molecule has 20 rings (SSSR count). The minimum Gasteiger partial charge on any atom is -0.490 e. The second-order valence-electron chi connectivity index (χ2n) is 34.1. The van der Waals surface area contributed by atoms with Crippen molar-refractivity contribution in [2.24, 2.45) is 15.0 Å². The Balaban J connectivity index is 0.000000129. The van der Waals surface area contributed by atoms with Crippen molar-refractivity contribution in [2.75, 3.05) is 60.5 Å². The number of H-pyrrole nitrogens is 4. The zero-order chi connectivity index (χ0) is 91.8. The Labute approximate surface area is 772 Å². The Morgan fingerprint density at radius 1 is 0.414 bits per heavy atom. The van der Waals surface area contributed by atoms with Gasteiger partial charge in [0, 0.05) is 95.7 Å². The monoisotopic (exact) mass is 1800 g/mol. The number of hydrogen-bond donors (Lipinski definition) is 8. The number of hydrogen-bond acceptors (Lipinski definition) is 24. The molecule has 0 atom stereocenters. The van der Waals surface area contributed by atoms with E-state index in [-0.39, 0.29) is 47.8 Å². The lowest BCUT2D eigenvalue weighted by Crippen LogP contribution is -2.43. The minimum absolute atomic E-state index is 0. The fourth-order valence-electron chi connectivity index (χ4n) is 17.1. The normalized spacial score (nSPS) is 13.5. The third kappa shape index (κ3) is 21.3. The number of para-hydroxylation sites is 2. The van der Waals surface area contributed by atoms with Crippen molar-refractivity contribution < 1.29 is 9.47 Å². The molecule has 30 heteroatoms. The summed E-state index contributed by atoms with van der Waals surface area (Å²) in [6, 6.07) is 55.1. The van der Waals surface area contributed by atoms with E-state index in [0.29, 0.717) is 119 Å². The zero-order valence-electron chi connectivity index (χ0n) is 75.1. The van der Waals surface area contributed by atoms with Crippen LogP contribution in [0.15, 0.2) is 209 Å². The second kappa shape index (κ2) is 41.0. The number of benzene rings is 9. The predicted molar refractivity (Wildman–Crippen MR) is 528 cm³/mol. The standard InChI is InChI=1S/C30H31N5O2.C25H26ClN5O3.C24H23N7O.C23H25N5O.CH4/c1-19-15-25-26(17-27(19)37-24-9-5-6-10-24)35(29-28(34-25)30(36)33-20(2)32-29)14-13-31-18-21-11-12-22-7-3-4-8-23(22)16-21;1-15-12-19-20(13-21(15)34-18-4-2-3-5-18)31(23-22(28-19)24(32)30-25(33)29-23)11-10-27-14-16-6-8-17(26)9-7-16;1-14-10-20-21(11-15(14)2)31(23-22(30-20)24(32)28-16(3)27-23)9-8-25-12-17-13-26-18-6-4-5-7-19(18)29-17;1-14-5-7-18(8-6-14)13-24-9-10-28-20-12-16(3)15(2)11-19(20)27-21-22(28)25-17(4)26-23(21)29;/h3-4,7-8,11-12,15-17,24,31H,2,5-6,9-10,13-14,18H2,1H3,(H,33,36);6-9,12-13,18,27H,2-5,10-11,14H2,1H3,(H,30,32,33);4-7,10-11,13,25H,3,8-9,12H2,1-2H3,(H,28,32);5-8,11-12,24H,4,9-10,13H2,1-3H3,(H,26,29);1H4. The van der Waals surface area contributed by atoms with E-state index in [0.717, 1.165) is 147 Å². The molecule has 29 nitrogen and oxygen atoms in total. The van der Waals surface area contributed by atoms with E-state index in [4.69, 9.17) is 21.1 Å². The smallest absolute Gasteiger partial charge is 0.349 e. The van der Waals surface area contributed by atoms with Crippen LogP contribution in [-0.2, 0) is 32.7 Å². The van der Waals surface area contributed by atoms with Crippen LogP contribution in [0.2, 0.25) is 5.02 Å². The van der Waals surface area contributed by atoms with Gasteiger partial charge >= 0.3 is 5.69 Å². The molecule has 7 aliphatic rings. The number of nitrogens with zero attached hydrogens (tertiary/aromatic N) is 14. The topological polar surface area (TPSA) is 357 Å². The number of fused-ring (bicyclic) bond motifs is 10. The van der Waals surface area contributed by atoms with Crippen molar-refractivity contribution >= 4 is 116 Å². The molecule has 0 amide bonds. The molecule has 5 aliphatic heterocycles. The van der Waals surface area contributed by atoms with E-state index in [1.54, 1.807) is 6.20 Å². The molecule has 0 spiro atoms. The molecule has 2 fully saturated rings. The van der Waals surface area contributed by atoms with Crippen LogP contribution in [0, 0.1) is 48.5 Å². The summed E-state index contributed by atoms with van der Waals surface area (Å²) in [5.41, 5.74) is 19.7. The van der Waals surface area contributed by atoms with E-state index < -0.39 is 11.2 Å². The Kier molecular flexibility index (Phi) is 28.3. The average Bonchev–Trinajstić information content (AvgIpc) is 0.995. The summed E-state index contributed by atoms with van der Waals surface area (Å²) >= 11 is 5.97. The SMILES string of the molecule is C.C=c1nc2c(c(=O)[nH]1)=Nc1cc(C)c(C)cc1N2CCNCc1ccc(C)cc1.C=c1nc2c(c(=O)[nH]1)=Nc1cc(C)c(C)cc1N2CCNCc1cnc2ccccc2n1.C=c1nc2c(c(=O)[nH]1)=Nc1cc(C)c(OC3CCCC3)cc1N2CCNCc1ccc2ccccc2c1.Cc1cc2nc3c(=O)[nH]c(=O)nc-3n(CCNCc3ccc(Cl)cc3)c2cc1OC1CCCC1. The van der Waals surface area contributed by atoms with Crippen molar-refractivity contribution in [2.45, 2.75) is 152 Å². The summed E-state index contributed by atoms with van der Waals surface area (Å²) < 4.78 is 14.6. The van der Waals surface area contributed by atoms with Crippen molar-refractivity contribution in [1.29, 1.82) is 0 Å². The zero-order valence-corrected chi connectivity index (χ0v) is 75.8. The van der Waals surface area contributed by atoms with Crippen LogP contribution in [0.25, 0.3) is 64.1 Å². The van der Waals surface area contributed by atoms with E-state index >= 15 is 0 Å². The van der Waals surface area contributed by atoms with Crippen LogP contribution in [0.5, 0.6) is 11.5 Å². The van der Waals surface area contributed by atoms with E-state index in [1.165, 1.54) is 58.7 Å². The van der Waals surface area contributed by atoms with Gasteiger partial charge in [0.15, 0.2) is 45.0 Å². The largest absolute Gasteiger partial charge is 0.490 e. The van der Waals surface area contributed by atoms with Gasteiger partial charge in [0.25, 0.3) is 22.2 Å². The summed E-state index contributed by atoms with van der Waals surface area (Å²) in [6.45, 7) is 33.7. The molecular weight excluding hydrogens is 1690 g/mol. The molecule has 0 bridgehead atoms. The lowest BCUT2D eigenvalue weighted by Gasteiger charge is -2.29. The van der Waals surface area contributed by atoms with Crippen LogP contribution >= 0.6 is 11.6 Å². The molecule has 2 saturated carbocycles. The minimum atomic E-state index is -0.684. The Hall–Kier alpha value is -14.4. The number of ether oxygens (including phenoxy) is 2. The molecule has 2 aliphatic carbocycles. The highest BCUT2D eigenvalue weighted by Crippen LogP contribution is 2.42. The first-order valence-electron chi connectivity index (χ1n) is 44.8. The molecule has 13 aromatic rings. The van der Waals surface area contributed by atoms with Crippen LogP contribution in [0.1, 0.15) is 120 Å². The van der Waals surface area contributed by atoms with Gasteiger partial charge in [0.1, 0.15) is 27.9 Å². The van der Waals surface area contributed by atoms with Crippen molar-refractivity contribution in [3.05, 3.63) is 321 Å². The number of anilines is 6. The maximum Gasteiger partial charge on any atom is 0.349 e. The highest BCUT2D eigenvalue weighted by atomic mass is 35.5. The maximum atomic E-state index is 12.7. The Morgan fingerprint density at radius 3 is 1.38 bits per heavy atom. The molecule has 0 radical (unpaired) electrons. The van der Waals surface area contributed by atoms with Crippen LogP contribution in [-0.4, -0.2) is 117 Å². The van der Waals surface area contributed by atoms with Gasteiger partial charge in [-0.2, -0.15) is 4.98 Å². The number of aryl methyl sites for hydroxylation is 7. The van der Waals surface area contributed by atoms with Crippen molar-refractivity contribution in [3.8, 4) is 23.0 Å². The van der Waals surface area contributed by atoms with Crippen molar-refractivity contribution in [3.63, 3.8) is 0 Å². The van der Waals surface area contributed by atoms with E-state index in [1.807, 2.05) is 109 Å². The maximum absolute atomic E-state index is 12.7. The lowest BCUT2D eigenvalue weighted by atomic mass is 10.1. The Bertz CT molecular complexity index is 7560. The van der Waals surface area contributed by atoms with Crippen molar-refractivity contribution in [1.82, 2.24) is 80.7 Å². The number of halogens is 1. The lowest BCUT2D eigenvalue weighted by molar-refractivity contribution is 0.208. The van der Waals surface area contributed by atoms with Gasteiger partial charge in [-0.1, -0.05) is 129 Å². The second-order valence-corrected chi connectivity index (χ2v) is 34.6. The number of aromatic amines is 4. The molecule has 0 saturated heterocycles. The van der Waals surface area contributed by atoms with Gasteiger partial charge in [-0.05, 0) is 227 Å². The summed E-state index contributed by atoms with van der Waals surface area (Å²) in [6.07, 6.45) is 11.4. The number of rotatable bonds is 24. The first kappa shape index (κ1) is 91.9. The molecular formula is C103H109ClN22O7. The van der Waals surface area contributed by atoms with Gasteiger partial charge in [0.05, 0.1) is 80.3 Å². The first-order chi connectivity index (χ1) is 63.9. The van der Waals surface area contributed by atoms with Gasteiger partial charge < -0.3 is 65.0 Å². The summed E-state index contributed by atoms with van der Waals surface area (Å²) in [5, 5.41) is 18.0. The van der Waals surface area contributed by atoms with Crippen LogP contribution in [0.3, 0.4) is 0 Å². The van der Waals surface area contributed by atoms with Crippen LogP contribution in [0.4, 0.5) is 51.6 Å². The van der Waals surface area contributed by atoms with Gasteiger partial charge in [0.2, 0.25) is 0 Å². The number of nitrogens with one attached hydrogen (secondary N) is 8. The van der Waals surface area contributed by atoms with Gasteiger partial charge in [-0.25, -0.2) is 44.7 Å². The van der Waals surface area contributed by atoms with Gasteiger partial charge in [-0.3, -0.25) is 29.1 Å². The highest BCUT2D eigenvalue weighted by molar-refractivity contribution is 6.30. The Morgan fingerprint density at radius 2 is 0.850 bits per heavy atom. The summed E-state index contributed by atoms with van der Waals surface area (Å²) in [4.78, 5) is 124. The quantitative estimate of drug-likeness (QED) is 0.0206. The summed E-state index contributed by atoms with van der Waals surface area (Å²) in [7, 11) is 0. The number of aromatic nitrogens is 12. The highest BCUT2D eigenvalue weighted by Gasteiger charge is 2.30. The predicted octanol–water partition coefficient (Wildman–Crippen LogP) is 12.7. The first-order valence-corrected chi connectivity index (χ1v) is 45.2. The molecule has 4 aromatic heterocycles. The molecule has 0 unspecified atom stereocenters.